The number of nitrogens with zero attached hydrogens (tertiary/aromatic N) is 4. The van der Waals surface area contributed by atoms with Crippen LogP contribution in [0.25, 0.3) is 11.4 Å². The van der Waals surface area contributed by atoms with Crippen LogP contribution < -0.4 is 5.32 Å². The summed E-state index contributed by atoms with van der Waals surface area (Å²) in [6.07, 6.45) is 4.50. The molecule has 128 valence electrons. The van der Waals surface area contributed by atoms with Gasteiger partial charge in [-0.25, -0.2) is 0 Å². The molecular weight excluding hydrogens is 310 g/mol. The van der Waals surface area contributed by atoms with Crippen LogP contribution in [0.15, 0.2) is 29.0 Å². The number of methoxy groups -OCH3 is 1. The Morgan fingerprint density at radius 1 is 1.46 bits per heavy atom. The van der Waals surface area contributed by atoms with Gasteiger partial charge in [0, 0.05) is 44.1 Å². The van der Waals surface area contributed by atoms with Crippen molar-refractivity contribution in [3.63, 3.8) is 0 Å². The van der Waals surface area contributed by atoms with Crippen LogP contribution in [0.5, 0.6) is 0 Å². The smallest absolute Gasteiger partial charge is 0.244 e. The fourth-order valence-electron chi connectivity index (χ4n) is 2.88. The average Bonchev–Trinajstić information content (AvgIpc) is 3.20. The van der Waals surface area contributed by atoms with Crippen molar-refractivity contribution in [3.8, 4) is 11.4 Å². The van der Waals surface area contributed by atoms with Gasteiger partial charge in [0.05, 0.1) is 12.6 Å². The number of carbonyl (C=O) groups excluding carboxylic acids is 1. The molecule has 1 aliphatic rings. The molecule has 24 heavy (non-hydrogen) atoms. The summed E-state index contributed by atoms with van der Waals surface area (Å²) in [7, 11) is 3.57. The van der Waals surface area contributed by atoms with Gasteiger partial charge >= 0.3 is 0 Å². The molecule has 0 aromatic carbocycles. The number of likely N-dealkylation sites (tertiary alicyclic amines) is 1. The minimum Gasteiger partial charge on any atom is -0.384 e. The van der Waals surface area contributed by atoms with Gasteiger partial charge in [-0.1, -0.05) is 5.16 Å². The van der Waals surface area contributed by atoms with E-state index in [4.69, 9.17) is 9.26 Å². The molecule has 1 fully saturated rings. The fraction of sp³-hybridized carbons (Fsp3) is 0.500. The van der Waals surface area contributed by atoms with Crippen LogP contribution in [-0.2, 0) is 9.53 Å². The van der Waals surface area contributed by atoms with Crippen LogP contribution in [0, 0.1) is 0 Å². The van der Waals surface area contributed by atoms with Crippen LogP contribution in [0.3, 0.4) is 0 Å². The summed E-state index contributed by atoms with van der Waals surface area (Å²) in [6, 6.07) is 3.75. The number of rotatable bonds is 6. The molecule has 0 bridgehead atoms. The van der Waals surface area contributed by atoms with Crippen LogP contribution in [0.1, 0.15) is 24.8 Å². The zero-order valence-corrected chi connectivity index (χ0v) is 13.8. The largest absolute Gasteiger partial charge is 0.384 e. The van der Waals surface area contributed by atoms with E-state index in [9.17, 15) is 4.79 Å². The minimum absolute atomic E-state index is 0.000752. The number of amides is 1. The third-order valence-electron chi connectivity index (χ3n) is 4.11. The van der Waals surface area contributed by atoms with E-state index in [2.05, 4.69) is 25.3 Å². The number of ether oxygens (including phenoxy) is 1. The summed E-state index contributed by atoms with van der Waals surface area (Å²) in [6.45, 7) is 1.17. The molecule has 0 aliphatic carbocycles. The number of aromatic nitrogens is 3. The second kappa shape index (κ2) is 7.50. The lowest BCUT2D eigenvalue weighted by Crippen LogP contribution is -2.36. The lowest BCUT2D eigenvalue weighted by atomic mass is 10.1. The highest BCUT2D eigenvalue weighted by Crippen LogP contribution is 2.30. The molecular formula is C16H21N5O3. The maximum absolute atomic E-state index is 11.8. The maximum Gasteiger partial charge on any atom is 0.244 e. The van der Waals surface area contributed by atoms with Crippen LogP contribution in [-0.4, -0.2) is 59.3 Å². The maximum atomic E-state index is 11.8. The van der Waals surface area contributed by atoms with Gasteiger partial charge in [-0.2, -0.15) is 4.98 Å². The first-order valence-electron chi connectivity index (χ1n) is 7.90. The van der Waals surface area contributed by atoms with E-state index >= 15 is 0 Å². The lowest BCUT2D eigenvalue weighted by molar-refractivity contribution is -0.122. The highest BCUT2D eigenvalue weighted by Gasteiger charge is 2.35. The number of hydrogen-bond donors (Lipinski definition) is 1. The lowest BCUT2D eigenvalue weighted by Gasteiger charge is -2.14. The zero-order valence-electron chi connectivity index (χ0n) is 13.8. The number of likely N-dealkylation sites (N-methyl/N-ethyl adjacent to an activating group) is 1. The molecule has 3 rings (SSSR count). The summed E-state index contributed by atoms with van der Waals surface area (Å²) in [5, 5.41) is 7.07. The molecule has 1 amide bonds. The molecule has 1 saturated heterocycles. The number of nitrogens with one attached hydrogen (secondary N) is 1. The molecule has 3 heterocycles. The fourth-order valence-corrected chi connectivity index (χ4v) is 2.88. The Labute approximate surface area is 140 Å². The highest BCUT2D eigenvalue weighted by molar-refractivity contribution is 5.76. The van der Waals surface area contributed by atoms with Crippen molar-refractivity contribution in [2.24, 2.45) is 0 Å². The molecule has 8 nitrogen and oxygen atoms in total. The standard InChI is InChI=1S/C16H21N5O3/c1-21-10-12(18-14(22)5-8-23-2)9-13(21)16-19-15(20-24-16)11-3-6-17-7-4-11/h3-4,6-7,12-13H,5,8-10H2,1-2H3,(H,18,22). The second-order valence-corrected chi connectivity index (χ2v) is 5.89. The van der Waals surface area contributed by atoms with Gasteiger partial charge in [0.2, 0.25) is 17.6 Å². The summed E-state index contributed by atoms with van der Waals surface area (Å²) >= 11 is 0. The Morgan fingerprint density at radius 2 is 2.25 bits per heavy atom. The van der Waals surface area contributed by atoms with E-state index in [0.717, 1.165) is 18.5 Å². The summed E-state index contributed by atoms with van der Waals surface area (Å²) in [4.78, 5) is 22.4. The molecule has 8 heteroatoms. The predicted molar refractivity (Wildman–Crippen MR) is 85.9 cm³/mol. The monoisotopic (exact) mass is 331 g/mol. The summed E-state index contributed by atoms with van der Waals surface area (Å²) < 4.78 is 10.4. The molecule has 2 aromatic heterocycles. The van der Waals surface area contributed by atoms with Gasteiger partial charge in [0.25, 0.3) is 0 Å². The van der Waals surface area contributed by atoms with E-state index < -0.39 is 0 Å². The van der Waals surface area contributed by atoms with Gasteiger partial charge in [0.15, 0.2) is 0 Å². The molecule has 0 radical (unpaired) electrons. The molecule has 0 saturated carbocycles. The van der Waals surface area contributed by atoms with Crippen molar-refractivity contribution in [1.29, 1.82) is 0 Å². The topological polar surface area (TPSA) is 93.4 Å². The number of pyridine rings is 1. The molecule has 1 N–H and O–H groups in total. The van der Waals surface area contributed by atoms with Gasteiger partial charge in [0.1, 0.15) is 0 Å². The van der Waals surface area contributed by atoms with Crippen molar-refractivity contribution in [1.82, 2.24) is 25.3 Å². The van der Waals surface area contributed by atoms with Gasteiger partial charge in [-0.3, -0.25) is 14.7 Å². The first-order chi connectivity index (χ1) is 11.7. The minimum atomic E-state index is -0.00102. The van der Waals surface area contributed by atoms with Gasteiger partial charge < -0.3 is 14.6 Å². The van der Waals surface area contributed by atoms with Crippen molar-refractivity contribution < 1.29 is 14.1 Å². The van der Waals surface area contributed by atoms with E-state index in [1.807, 2.05) is 19.2 Å². The van der Waals surface area contributed by atoms with Crippen molar-refractivity contribution >= 4 is 5.91 Å². The average molecular weight is 331 g/mol. The van der Waals surface area contributed by atoms with E-state index in [0.29, 0.717) is 24.7 Å². The van der Waals surface area contributed by atoms with Crippen LogP contribution >= 0.6 is 0 Å². The summed E-state index contributed by atoms with van der Waals surface area (Å²) in [5.74, 6) is 1.12. The molecule has 2 atom stereocenters. The van der Waals surface area contributed by atoms with Gasteiger partial charge in [-0.15, -0.1) is 0 Å². The normalized spacial score (nSPS) is 21.1. The van der Waals surface area contributed by atoms with Crippen LogP contribution in [0.4, 0.5) is 0 Å². The summed E-state index contributed by atoms with van der Waals surface area (Å²) in [5.41, 5.74) is 0.866. The Morgan fingerprint density at radius 3 is 3.00 bits per heavy atom. The third kappa shape index (κ3) is 3.77. The molecule has 1 aliphatic heterocycles. The Bertz CT molecular complexity index is 675. The van der Waals surface area contributed by atoms with Crippen molar-refractivity contribution in [2.45, 2.75) is 24.9 Å². The first kappa shape index (κ1) is 16.5. The Kier molecular flexibility index (Phi) is 5.17. The Balaban J connectivity index is 1.63. The van der Waals surface area contributed by atoms with Crippen molar-refractivity contribution in [3.05, 3.63) is 30.4 Å². The van der Waals surface area contributed by atoms with Crippen LogP contribution in [0.2, 0.25) is 0 Å². The van der Waals surface area contributed by atoms with E-state index in [1.165, 1.54) is 0 Å². The second-order valence-electron chi connectivity index (χ2n) is 5.89. The molecule has 2 unspecified atom stereocenters. The van der Waals surface area contributed by atoms with Crippen molar-refractivity contribution in [2.75, 3.05) is 27.3 Å². The Hall–Kier alpha value is -2.32. The van der Waals surface area contributed by atoms with E-state index in [-0.39, 0.29) is 18.0 Å². The van der Waals surface area contributed by atoms with Gasteiger partial charge in [-0.05, 0) is 25.6 Å². The quantitative estimate of drug-likeness (QED) is 0.845. The first-order valence-corrected chi connectivity index (χ1v) is 7.90. The van der Waals surface area contributed by atoms with E-state index in [1.54, 1.807) is 19.5 Å². The highest BCUT2D eigenvalue weighted by atomic mass is 16.5. The number of hydrogen-bond acceptors (Lipinski definition) is 7. The zero-order chi connectivity index (χ0) is 16.9. The molecule has 2 aromatic rings. The SMILES string of the molecule is COCCC(=O)NC1CC(c2nc(-c3ccncc3)no2)N(C)C1. The third-order valence-corrected chi connectivity index (χ3v) is 4.11. The molecule has 0 spiro atoms. The number of carbonyl (C=O) groups is 1. The predicted octanol–water partition coefficient (Wildman–Crippen LogP) is 1.03.